The highest BCUT2D eigenvalue weighted by Gasteiger charge is 2.13. The van der Waals surface area contributed by atoms with E-state index in [-0.39, 0.29) is 24.3 Å². The monoisotopic (exact) mass is 367 g/mol. The zero-order valence-electron chi connectivity index (χ0n) is 13.4. The second-order valence-electron chi connectivity index (χ2n) is 5.39. The Morgan fingerprint density at radius 1 is 1.16 bits per heavy atom. The predicted molar refractivity (Wildman–Crippen MR) is 89.7 cm³/mol. The van der Waals surface area contributed by atoms with Crippen LogP contribution in [0.3, 0.4) is 0 Å². The highest BCUT2D eigenvalue weighted by molar-refractivity contribution is 6.32. The van der Waals surface area contributed by atoms with Gasteiger partial charge in [0.25, 0.3) is 5.91 Å². The summed E-state index contributed by atoms with van der Waals surface area (Å²) in [6, 6.07) is 7.78. The fourth-order valence-corrected chi connectivity index (χ4v) is 2.22. The highest BCUT2D eigenvalue weighted by Crippen LogP contribution is 2.25. The lowest BCUT2D eigenvalue weighted by molar-refractivity contribution is -0.134. The lowest BCUT2D eigenvalue weighted by Gasteiger charge is -2.08. The Hall–Kier alpha value is -2.47. The molecule has 0 fully saturated rings. The summed E-state index contributed by atoms with van der Waals surface area (Å²) >= 11 is 5.94. The van der Waals surface area contributed by atoms with E-state index in [4.69, 9.17) is 16.3 Å². The molecule has 0 aliphatic carbocycles. The van der Waals surface area contributed by atoms with Crippen LogP contribution in [0.2, 0.25) is 5.02 Å². The molecule has 4 nitrogen and oxygen atoms in total. The van der Waals surface area contributed by atoms with Gasteiger partial charge in [-0.25, -0.2) is 8.78 Å². The summed E-state index contributed by atoms with van der Waals surface area (Å²) in [6.07, 6.45) is 0.354. The number of amides is 1. The van der Waals surface area contributed by atoms with E-state index in [2.05, 4.69) is 5.32 Å². The Morgan fingerprint density at radius 2 is 1.92 bits per heavy atom. The van der Waals surface area contributed by atoms with Crippen molar-refractivity contribution in [2.75, 3.05) is 6.54 Å². The van der Waals surface area contributed by atoms with Gasteiger partial charge in [-0.15, -0.1) is 0 Å². The average molecular weight is 368 g/mol. The first-order valence-corrected chi connectivity index (χ1v) is 7.94. The molecule has 0 atom stereocenters. The maximum atomic E-state index is 13.5. The van der Waals surface area contributed by atoms with E-state index in [1.807, 2.05) is 6.92 Å². The molecule has 132 valence electrons. The number of nitrogens with one attached hydrogen (secondary N) is 1. The molecule has 0 unspecified atom stereocenters. The van der Waals surface area contributed by atoms with Crippen LogP contribution in [0.4, 0.5) is 8.78 Å². The average Bonchev–Trinajstić information content (AvgIpc) is 2.55. The summed E-state index contributed by atoms with van der Waals surface area (Å²) < 4.78 is 31.4. The van der Waals surface area contributed by atoms with Crippen LogP contribution in [-0.4, -0.2) is 18.4 Å². The number of rotatable bonds is 6. The van der Waals surface area contributed by atoms with Crippen molar-refractivity contribution in [1.82, 2.24) is 5.32 Å². The molecule has 7 heteroatoms. The Labute approximate surface area is 148 Å². The van der Waals surface area contributed by atoms with E-state index in [9.17, 15) is 18.4 Å². The van der Waals surface area contributed by atoms with Gasteiger partial charge in [-0.3, -0.25) is 9.59 Å². The second-order valence-corrected chi connectivity index (χ2v) is 5.80. The molecule has 0 heterocycles. The molecule has 1 amide bonds. The number of benzene rings is 2. The molecule has 0 aliphatic rings. The Kier molecular flexibility index (Phi) is 6.47. The van der Waals surface area contributed by atoms with Gasteiger partial charge in [-0.1, -0.05) is 17.7 Å². The van der Waals surface area contributed by atoms with E-state index in [0.29, 0.717) is 17.5 Å². The van der Waals surface area contributed by atoms with Crippen molar-refractivity contribution in [3.8, 4) is 5.75 Å². The summed E-state index contributed by atoms with van der Waals surface area (Å²) in [6.45, 7) is 1.99. The molecule has 0 saturated carbocycles. The predicted octanol–water partition coefficient (Wildman–Crippen LogP) is 4.04. The fourth-order valence-electron chi connectivity index (χ4n) is 2.07. The molecule has 0 saturated heterocycles. The van der Waals surface area contributed by atoms with Crippen LogP contribution in [0.25, 0.3) is 0 Å². The number of hydrogen-bond donors (Lipinski definition) is 1. The quantitative estimate of drug-likeness (QED) is 0.476. The Morgan fingerprint density at radius 3 is 2.64 bits per heavy atom. The van der Waals surface area contributed by atoms with Crippen molar-refractivity contribution in [2.45, 2.75) is 19.8 Å². The van der Waals surface area contributed by atoms with Gasteiger partial charge >= 0.3 is 5.97 Å². The van der Waals surface area contributed by atoms with E-state index in [0.717, 1.165) is 17.7 Å². The lowest BCUT2D eigenvalue weighted by atomic mass is 10.2. The molecule has 0 radical (unpaired) electrons. The largest absolute Gasteiger partial charge is 0.425 e. The first kappa shape index (κ1) is 18.9. The molecule has 2 rings (SSSR count). The van der Waals surface area contributed by atoms with Gasteiger partial charge in [0, 0.05) is 19.0 Å². The van der Waals surface area contributed by atoms with Gasteiger partial charge in [0.2, 0.25) is 0 Å². The number of esters is 1. The molecule has 0 aromatic heterocycles. The van der Waals surface area contributed by atoms with Crippen molar-refractivity contribution in [3.63, 3.8) is 0 Å². The SMILES string of the molecule is Cc1ccc(Cl)c(OC(=O)CCCNC(=O)c2ccc(F)cc2F)c1. The molecule has 2 aromatic carbocycles. The summed E-state index contributed by atoms with van der Waals surface area (Å²) in [5, 5.41) is 2.80. The van der Waals surface area contributed by atoms with Gasteiger partial charge in [0.1, 0.15) is 17.4 Å². The third-order valence-electron chi connectivity index (χ3n) is 3.33. The molecule has 25 heavy (non-hydrogen) atoms. The van der Waals surface area contributed by atoms with Crippen molar-refractivity contribution in [2.24, 2.45) is 0 Å². The van der Waals surface area contributed by atoms with Gasteiger partial charge in [0.15, 0.2) is 0 Å². The van der Waals surface area contributed by atoms with E-state index < -0.39 is 23.5 Å². The smallest absolute Gasteiger partial charge is 0.311 e. The normalized spacial score (nSPS) is 10.4. The van der Waals surface area contributed by atoms with E-state index in [1.54, 1.807) is 18.2 Å². The van der Waals surface area contributed by atoms with Crippen molar-refractivity contribution < 1.29 is 23.1 Å². The minimum Gasteiger partial charge on any atom is -0.425 e. The summed E-state index contributed by atoms with van der Waals surface area (Å²) in [7, 11) is 0. The zero-order chi connectivity index (χ0) is 18.4. The topological polar surface area (TPSA) is 55.4 Å². The zero-order valence-corrected chi connectivity index (χ0v) is 14.2. The molecule has 1 N–H and O–H groups in total. The number of aryl methyl sites for hydroxylation is 1. The van der Waals surface area contributed by atoms with Crippen molar-refractivity contribution in [1.29, 1.82) is 0 Å². The van der Waals surface area contributed by atoms with E-state index in [1.165, 1.54) is 0 Å². The van der Waals surface area contributed by atoms with Crippen molar-refractivity contribution in [3.05, 3.63) is 64.2 Å². The standard InChI is InChI=1S/C18H16ClF2NO3/c1-11-4-7-14(19)16(9-11)25-17(23)3-2-8-22-18(24)13-6-5-12(20)10-15(13)21/h4-7,9-10H,2-3,8H2,1H3,(H,22,24). The molecular formula is C18H16ClF2NO3. The maximum Gasteiger partial charge on any atom is 0.311 e. The first-order valence-electron chi connectivity index (χ1n) is 7.57. The lowest BCUT2D eigenvalue weighted by Crippen LogP contribution is -2.26. The minimum atomic E-state index is -0.939. The third-order valence-corrected chi connectivity index (χ3v) is 3.64. The number of carbonyl (C=O) groups excluding carboxylic acids is 2. The molecule has 2 aromatic rings. The van der Waals surface area contributed by atoms with Gasteiger partial charge in [-0.2, -0.15) is 0 Å². The molecule has 0 aliphatic heterocycles. The molecular weight excluding hydrogens is 352 g/mol. The van der Waals surface area contributed by atoms with Crippen LogP contribution in [0.5, 0.6) is 5.75 Å². The number of halogens is 3. The van der Waals surface area contributed by atoms with Crippen LogP contribution >= 0.6 is 11.6 Å². The third kappa shape index (κ3) is 5.53. The van der Waals surface area contributed by atoms with Crippen LogP contribution in [0.1, 0.15) is 28.8 Å². The van der Waals surface area contributed by atoms with Crippen LogP contribution in [-0.2, 0) is 4.79 Å². The number of carbonyl (C=O) groups is 2. The van der Waals surface area contributed by atoms with Gasteiger partial charge < -0.3 is 10.1 Å². The second kappa shape index (κ2) is 8.58. The molecule has 0 bridgehead atoms. The summed E-state index contributed by atoms with van der Waals surface area (Å²) in [5.41, 5.74) is 0.649. The summed E-state index contributed by atoms with van der Waals surface area (Å²) in [5.74, 6) is -2.58. The van der Waals surface area contributed by atoms with Crippen molar-refractivity contribution >= 4 is 23.5 Å². The minimum absolute atomic E-state index is 0.0520. The highest BCUT2D eigenvalue weighted by atomic mass is 35.5. The number of ether oxygens (including phenoxy) is 1. The van der Waals surface area contributed by atoms with Gasteiger partial charge in [-0.05, 0) is 43.2 Å². The molecule has 0 spiro atoms. The first-order chi connectivity index (χ1) is 11.9. The van der Waals surface area contributed by atoms with Crippen LogP contribution in [0.15, 0.2) is 36.4 Å². The van der Waals surface area contributed by atoms with Crippen LogP contribution < -0.4 is 10.1 Å². The van der Waals surface area contributed by atoms with E-state index >= 15 is 0 Å². The summed E-state index contributed by atoms with van der Waals surface area (Å²) in [4.78, 5) is 23.6. The van der Waals surface area contributed by atoms with Crippen LogP contribution in [0, 0.1) is 18.6 Å². The Bertz CT molecular complexity index is 796. The number of hydrogen-bond acceptors (Lipinski definition) is 3. The van der Waals surface area contributed by atoms with Gasteiger partial charge in [0.05, 0.1) is 10.6 Å². The fraction of sp³-hybridized carbons (Fsp3) is 0.222. The maximum absolute atomic E-state index is 13.5. The Balaban J connectivity index is 1.77.